The Bertz CT molecular complexity index is 944. The summed E-state index contributed by atoms with van der Waals surface area (Å²) in [6.45, 7) is 2.08. The Balaban J connectivity index is 1.49. The van der Waals surface area contributed by atoms with Gasteiger partial charge < -0.3 is 20.7 Å². The molecule has 7 nitrogen and oxygen atoms in total. The van der Waals surface area contributed by atoms with E-state index in [-0.39, 0.29) is 12.5 Å². The second-order valence-corrected chi connectivity index (χ2v) is 6.71. The topological polar surface area (TPSA) is 92.4 Å². The molecule has 144 valence electrons. The number of thiazole rings is 1. The molecule has 3 rings (SSSR count). The fourth-order valence-electron chi connectivity index (χ4n) is 2.41. The Hall–Kier alpha value is -3.39. The van der Waals surface area contributed by atoms with E-state index < -0.39 is 6.03 Å². The second kappa shape index (κ2) is 9.52. The quantitative estimate of drug-likeness (QED) is 0.566. The first kappa shape index (κ1) is 19.4. The summed E-state index contributed by atoms with van der Waals surface area (Å²) >= 11 is 1.49. The van der Waals surface area contributed by atoms with Gasteiger partial charge in [0, 0.05) is 11.1 Å². The van der Waals surface area contributed by atoms with Gasteiger partial charge in [0.1, 0.15) is 12.4 Å². The number of nitrogens with one attached hydrogen (secondary N) is 3. The average Bonchev–Trinajstić information content (AvgIpc) is 3.19. The van der Waals surface area contributed by atoms with Crippen molar-refractivity contribution in [3.8, 4) is 5.75 Å². The number of nitrogens with zero attached hydrogens (tertiary/aromatic N) is 1. The molecule has 2 aromatic carbocycles. The van der Waals surface area contributed by atoms with Crippen LogP contribution in [0, 0.1) is 6.92 Å². The summed E-state index contributed by atoms with van der Waals surface area (Å²) in [4.78, 5) is 28.3. The first-order valence-corrected chi connectivity index (χ1v) is 9.55. The van der Waals surface area contributed by atoms with Crippen LogP contribution in [0.1, 0.15) is 11.3 Å². The summed E-state index contributed by atoms with van der Waals surface area (Å²) in [6.07, 6.45) is 0. The maximum atomic E-state index is 12.2. The van der Waals surface area contributed by atoms with Crippen molar-refractivity contribution in [2.24, 2.45) is 0 Å². The van der Waals surface area contributed by atoms with Gasteiger partial charge in [0.15, 0.2) is 0 Å². The van der Waals surface area contributed by atoms with Crippen LogP contribution >= 0.6 is 11.3 Å². The van der Waals surface area contributed by atoms with Gasteiger partial charge in [-0.3, -0.25) is 4.79 Å². The number of ether oxygens (including phenoxy) is 1. The van der Waals surface area contributed by atoms with E-state index in [1.807, 2.05) is 36.6 Å². The highest BCUT2D eigenvalue weighted by atomic mass is 32.1. The van der Waals surface area contributed by atoms with Crippen LogP contribution in [-0.4, -0.2) is 23.5 Å². The van der Waals surface area contributed by atoms with Gasteiger partial charge in [-0.2, -0.15) is 0 Å². The number of anilines is 2. The van der Waals surface area contributed by atoms with E-state index in [9.17, 15) is 9.59 Å². The number of aryl methyl sites for hydroxylation is 1. The van der Waals surface area contributed by atoms with Crippen LogP contribution in [0.5, 0.6) is 5.75 Å². The molecule has 0 saturated heterocycles. The first-order chi connectivity index (χ1) is 13.6. The number of benzene rings is 2. The van der Waals surface area contributed by atoms with Gasteiger partial charge in [0.25, 0.3) is 0 Å². The lowest BCUT2D eigenvalue weighted by atomic mass is 10.2. The highest BCUT2D eigenvalue weighted by Crippen LogP contribution is 2.24. The van der Waals surface area contributed by atoms with Crippen LogP contribution in [0.3, 0.4) is 0 Å². The zero-order valence-electron chi connectivity index (χ0n) is 15.3. The zero-order valence-corrected chi connectivity index (χ0v) is 16.1. The molecule has 0 atom stereocenters. The van der Waals surface area contributed by atoms with E-state index in [0.717, 1.165) is 11.3 Å². The van der Waals surface area contributed by atoms with Crippen LogP contribution in [0.4, 0.5) is 16.2 Å². The van der Waals surface area contributed by atoms with Gasteiger partial charge in [-0.15, -0.1) is 11.3 Å². The van der Waals surface area contributed by atoms with Gasteiger partial charge in [-0.05, 0) is 36.8 Å². The molecule has 3 aromatic rings. The predicted molar refractivity (Wildman–Crippen MR) is 110 cm³/mol. The number of carbonyl (C=O) groups is 2. The van der Waals surface area contributed by atoms with Crippen LogP contribution in [-0.2, 0) is 11.4 Å². The highest BCUT2D eigenvalue weighted by Gasteiger charge is 2.10. The number of rotatable bonds is 7. The molecular formula is C20H20N4O3S. The van der Waals surface area contributed by atoms with Crippen molar-refractivity contribution in [2.75, 3.05) is 17.2 Å². The summed E-state index contributed by atoms with van der Waals surface area (Å²) < 4.78 is 5.73. The Morgan fingerprint density at radius 2 is 1.96 bits per heavy atom. The fraction of sp³-hybridized carbons (Fsp3) is 0.150. The SMILES string of the molecule is Cc1cccc(NC(=O)NCC(=O)Nc2ccccc2OCc2cscn2)c1. The number of amides is 3. The van der Waals surface area contributed by atoms with Gasteiger partial charge in [-0.25, -0.2) is 9.78 Å². The normalized spacial score (nSPS) is 10.2. The van der Waals surface area contributed by atoms with E-state index in [4.69, 9.17) is 4.74 Å². The average molecular weight is 396 g/mol. The van der Waals surface area contributed by atoms with Gasteiger partial charge in [0.05, 0.1) is 23.4 Å². The predicted octanol–water partition coefficient (Wildman–Crippen LogP) is 3.79. The molecule has 0 unspecified atom stereocenters. The van der Waals surface area contributed by atoms with Crippen molar-refractivity contribution in [3.63, 3.8) is 0 Å². The fourth-order valence-corrected chi connectivity index (χ4v) is 2.95. The first-order valence-electron chi connectivity index (χ1n) is 8.60. The van der Waals surface area contributed by atoms with Crippen LogP contribution in [0.25, 0.3) is 0 Å². The Kier molecular flexibility index (Phi) is 6.59. The van der Waals surface area contributed by atoms with Crippen LogP contribution in [0.15, 0.2) is 59.4 Å². The minimum atomic E-state index is -0.450. The molecule has 3 amide bonds. The maximum absolute atomic E-state index is 12.2. The number of aromatic nitrogens is 1. The minimum Gasteiger partial charge on any atom is -0.485 e. The number of hydrogen-bond donors (Lipinski definition) is 3. The monoisotopic (exact) mass is 396 g/mol. The molecule has 1 heterocycles. The molecule has 0 aliphatic carbocycles. The van der Waals surface area contributed by atoms with Crippen LogP contribution < -0.4 is 20.7 Å². The van der Waals surface area contributed by atoms with Gasteiger partial charge in [-0.1, -0.05) is 24.3 Å². The molecule has 0 spiro atoms. The molecule has 1 aromatic heterocycles. The van der Waals surface area contributed by atoms with Crippen molar-refractivity contribution < 1.29 is 14.3 Å². The molecular weight excluding hydrogens is 376 g/mol. The summed E-state index contributed by atoms with van der Waals surface area (Å²) in [5.74, 6) is 0.178. The van der Waals surface area contributed by atoms with Crippen molar-refractivity contribution >= 4 is 34.6 Å². The molecule has 0 saturated carbocycles. The minimum absolute atomic E-state index is 0.169. The molecule has 8 heteroatoms. The number of hydrogen-bond acceptors (Lipinski definition) is 5. The summed E-state index contributed by atoms with van der Waals surface area (Å²) in [6, 6.07) is 14.1. The smallest absolute Gasteiger partial charge is 0.319 e. The van der Waals surface area contributed by atoms with Crippen molar-refractivity contribution in [2.45, 2.75) is 13.5 Å². The third-order valence-electron chi connectivity index (χ3n) is 3.71. The third kappa shape index (κ3) is 5.82. The molecule has 3 N–H and O–H groups in total. The number of carbonyl (C=O) groups excluding carboxylic acids is 2. The standard InChI is InChI=1S/C20H20N4O3S/c1-14-5-4-6-15(9-14)23-20(26)21-10-19(25)24-17-7-2-3-8-18(17)27-11-16-12-28-13-22-16/h2-9,12-13H,10-11H2,1H3,(H,24,25)(H2,21,23,26). The largest absolute Gasteiger partial charge is 0.485 e. The van der Waals surface area contributed by atoms with Crippen LogP contribution in [0.2, 0.25) is 0 Å². The molecule has 0 bridgehead atoms. The molecule has 0 fully saturated rings. The zero-order chi connectivity index (χ0) is 19.8. The highest BCUT2D eigenvalue weighted by molar-refractivity contribution is 7.07. The summed E-state index contributed by atoms with van der Waals surface area (Å²) in [5.41, 5.74) is 4.78. The van der Waals surface area contributed by atoms with E-state index in [1.54, 1.807) is 29.8 Å². The van der Waals surface area contributed by atoms with E-state index in [0.29, 0.717) is 23.7 Å². The molecule has 0 aliphatic heterocycles. The van der Waals surface area contributed by atoms with Crippen molar-refractivity contribution in [3.05, 3.63) is 70.7 Å². The van der Waals surface area contributed by atoms with E-state index in [1.165, 1.54) is 11.3 Å². The number of urea groups is 1. The molecule has 0 radical (unpaired) electrons. The molecule has 0 aliphatic rings. The Labute approximate surface area is 166 Å². The summed E-state index contributed by atoms with van der Waals surface area (Å²) in [7, 11) is 0. The second-order valence-electron chi connectivity index (χ2n) is 5.99. The van der Waals surface area contributed by atoms with E-state index in [2.05, 4.69) is 20.9 Å². The summed E-state index contributed by atoms with van der Waals surface area (Å²) in [5, 5.41) is 9.87. The molecule has 28 heavy (non-hydrogen) atoms. The van der Waals surface area contributed by atoms with Gasteiger partial charge >= 0.3 is 6.03 Å². The third-order valence-corrected chi connectivity index (χ3v) is 4.34. The maximum Gasteiger partial charge on any atom is 0.319 e. The Morgan fingerprint density at radius 1 is 1.11 bits per heavy atom. The van der Waals surface area contributed by atoms with Crippen molar-refractivity contribution in [1.82, 2.24) is 10.3 Å². The Morgan fingerprint density at radius 3 is 2.75 bits per heavy atom. The lowest BCUT2D eigenvalue weighted by molar-refractivity contribution is -0.115. The lowest BCUT2D eigenvalue weighted by Gasteiger charge is -2.12. The van der Waals surface area contributed by atoms with Gasteiger partial charge in [0.2, 0.25) is 5.91 Å². The van der Waals surface area contributed by atoms with Crippen molar-refractivity contribution in [1.29, 1.82) is 0 Å². The number of para-hydroxylation sites is 2. The van der Waals surface area contributed by atoms with E-state index >= 15 is 0 Å². The lowest BCUT2D eigenvalue weighted by Crippen LogP contribution is -2.35.